The minimum Gasteiger partial charge on any atom is -0.320 e. The highest BCUT2D eigenvalue weighted by Crippen LogP contribution is 2.16. The van der Waals surface area contributed by atoms with E-state index in [2.05, 4.69) is 15.6 Å². The highest BCUT2D eigenvalue weighted by molar-refractivity contribution is 7.07. The van der Waals surface area contributed by atoms with Crippen molar-refractivity contribution in [2.24, 2.45) is 0 Å². The van der Waals surface area contributed by atoms with Crippen LogP contribution in [0, 0.1) is 0 Å². The monoisotopic (exact) mass is 289 g/mol. The highest BCUT2D eigenvalue weighted by atomic mass is 32.1. The first-order valence-electron chi connectivity index (χ1n) is 7.27. The Hall–Kier alpha value is -0.650. The van der Waals surface area contributed by atoms with Gasteiger partial charge in [-0.2, -0.15) is 0 Å². The molecule has 1 heterocycles. The lowest BCUT2D eigenvalue weighted by atomic mass is 10.1. The maximum atomic E-state index is 11.0. The van der Waals surface area contributed by atoms with E-state index in [0.717, 1.165) is 25.1 Å². The van der Waals surface area contributed by atoms with Crippen LogP contribution in [-0.2, 0) is 0 Å². The van der Waals surface area contributed by atoms with Gasteiger partial charge in [-0.3, -0.25) is 4.79 Å². The highest BCUT2D eigenvalue weighted by Gasteiger charge is 2.10. The molecule has 3 N–H and O–H groups in total. The standard InChI is InChI=1S/C10H19N3OS.2C2H6/c1-11-6-4-3-5-8(12-2)9-7-15-10(14)13-9;2*1-2/h7-8,11-12H,3-6H2,1-2H3,(H,13,14);2*1-2H3. The van der Waals surface area contributed by atoms with Gasteiger partial charge in [0.2, 0.25) is 0 Å². The van der Waals surface area contributed by atoms with Crippen molar-refractivity contribution in [1.29, 1.82) is 0 Å². The van der Waals surface area contributed by atoms with Crippen LogP contribution in [-0.4, -0.2) is 25.6 Å². The van der Waals surface area contributed by atoms with E-state index < -0.39 is 0 Å². The number of nitrogens with one attached hydrogen (secondary N) is 3. The van der Waals surface area contributed by atoms with E-state index in [1.807, 2.05) is 47.2 Å². The average molecular weight is 289 g/mol. The molecule has 1 aromatic rings. The van der Waals surface area contributed by atoms with Gasteiger partial charge in [-0.25, -0.2) is 0 Å². The number of aromatic nitrogens is 1. The second-order valence-corrected chi connectivity index (χ2v) is 4.39. The zero-order valence-corrected chi connectivity index (χ0v) is 14.1. The minimum atomic E-state index is 0.0282. The van der Waals surface area contributed by atoms with E-state index in [-0.39, 0.29) is 10.9 Å². The molecule has 1 unspecified atom stereocenters. The first-order chi connectivity index (χ1) is 9.27. The van der Waals surface area contributed by atoms with Crippen LogP contribution in [0.4, 0.5) is 0 Å². The normalized spacial score (nSPS) is 10.8. The van der Waals surface area contributed by atoms with Crippen molar-refractivity contribution in [3.05, 3.63) is 20.7 Å². The molecule has 4 nitrogen and oxygen atoms in total. The number of thiazole rings is 1. The quantitative estimate of drug-likeness (QED) is 0.676. The number of unbranched alkanes of at least 4 members (excludes halogenated alkanes) is 1. The summed E-state index contributed by atoms with van der Waals surface area (Å²) in [5.74, 6) is 0. The summed E-state index contributed by atoms with van der Waals surface area (Å²) in [6.07, 6.45) is 3.39. The molecule has 0 aromatic carbocycles. The fourth-order valence-electron chi connectivity index (χ4n) is 1.57. The number of hydrogen-bond donors (Lipinski definition) is 3. The third kappa shape index (κ3) is 9.87. The van der Waals surface area contributed by atoms with Crippen molar-refractivity contribution in [3.8, 4) is 0 Å². The van der Waals surface area contributed by atoms with Crippen LogP contribution >= 0.6 is 11.3 Å². The molecule has 1 rings (SSSR count). The van der Waals surface area contributed by atoms with Crippen molar-refractivity contribution >= 4 is 11.3 Å². The Labute approximate surface area is 122 Å². The Bertz CT molecular complexity index is 322. The molecule has 19 heavy (non-hydrogen) atoms. The van der Waals surface area contributed by atoms with Crippen molar-refractivity contribution < 1.29 is 0 Å². The molecule has 0 spiro atoms. The Morgan fingerprint density at radius 1 is 1.21 bits per heavy atom. The molecule has 114 valence electrons. The van der Waals surface area contributed by atoms with Gasteiger partial charge in [-0.15, -0.1) is 0 Å². The topological polar surface area (TPSA) is 56.9 Å². The summed E-state index contributed by atoms with van der Waals surface area (Å²) in [6, 6.07) is 0.279. The molecule has 0 saturated carbocycles. The molecule has 0 saturated heterocycles. The maximum absolute atomic E-state index is 11.0. The summed E-state index contributed by atoms with van der Waals surface area (Å²) >= 11 is 1.23. The predicted molar refractivity (Wildman–Crippen MR) is 87.2 cm³/mol. The molecule has 0 fully saturated rings. The Morgan fingerprint density at radius 3 is 2.26 bits per heavy atom. The van der Waals surface area contributed by atoms with Crippen LogP contribution in [0.5, 0.6) is 0 Å². The third-order valence-electron chi connectivity index (χ3n) is 2.43. The minimum absolute atomic E-state index is 0.0282. The summed E-state index contributed by atoms with van der Waals surface area (Å²) in [5, 5.41) is 8.26. The van der Waals surface area contributed by atoms with Gasteiger partial charge in [0.15, 0.2) is 0 Å². The van der Waals surface area contributed by atoms with Crippen LogP contribution in [0.15, 0.2) is 10.2 Å². The second-order valence-electron chi connectivity index (χ2n) is 3.54. The lowest BCUT2D eigenvalue weighted by molar-refractivity contribution is 0.501. The molecular formula is C14H31N3OS. The van der Waals surface area contributed by atoms with E-state index in [4.69, 9.17) is 0 Å². The van der Waals surface area contributed by atoms with Crippen LogP contribution in [0.2, 0.25) is 0 Å². The molecule has 0 aliphatic rings. The van der Waals surface area contributed by atoms with E-state index in [1.54, 1.807) is 0 Å². The molecule has 5 heteroatoms. The maximum Gasteiger partial charge on any atom is 0.304 e. The zero-order chi connectivity index (χ0) is 15.1. The van der Waals surface area contributed by atoms with Crippen molar-refractivity contribution in [1.82, 2.24) is 15.6 Å². The molecule has 1 atom stereocenters. The van der Waals surface area contributed by atoms with Crippen molar-refractivity contribution in [2.75, 3.05) is 20.6 Å². The largest absolute Gasteiger partial charge is 0.320 e. The predicted octanol–water partition coefficient (Wildman–Crippen LogP) is 3.14. The number of hydrogen-bond acceptors (Lipinski definition) is 4. The Morgan fingerprint density at radius 2 is 1.84 bits per heavy atom. The number of rotatable bonds is 7. The second kappa shape index (κ2) is 15.4. The van der Waals surface area contributed by atoms with Crippen LogP contribution in [0.1, 0.15) is 58.7 Å². The molecule has 0 radical (unpaired) electrons. The van der Waals surface area contributed by atoms with Gasteiger partial charge in [0.1, 0.15) is 0 Å². The van der Waals surface area contributed by atoms with Gasteiger partial charge in [-0.05, 0) is 33.5 Å². The summed E-state index contributed by atoms with van der Waals surface area (Å²) in [7, 11) is 3.89. The smallest absolute Gasteiger partial charge is 0.304 e. The average Bonchev–Trinajstić information content (AvgIpc) is 2.90. The first-order valence-corrected chi connectivity index (χ1v) is 8.15. The van der Waals surface area contributed by atoms with Gasteiger partial charge >= 0.3 is 4.87 Å². The molecule has 0 aliphatic heterocycles. The SMILES string of the molecule is CC.CC.CNCCCCC(NC)c1csc(=O)[nH]1. The molecular weight excluding hydrogens is 258 g/mol. The fourth-order valence-corrected chi connectivity index (χ4v) is 2.20. The molecule has 0 bridgehead atoms. The van der Waals surface area contributed by atoms with Crippen LogP contribution < -0.4 is 15.5 Å². The lowest BCUT2D eigenvalue weighted by Gasteiger charge is -2.13. The van der Waals surface area contributed by atoms with Gasteiger partial charge in [0.25, 0.3) is 0 Å². The van der Waals surface area contributed by atoms with E-state index >= 15 is 0 Å². The van der Waals surface area contributed by atoms with Gasteiger partial charge < -0.3 is 15.6 Å². The third-order valence-corrected chi connectivity index (χ3v) is 3.12. The molecule has 1 aromatic heterocycles. The first kappa shape index (κ1) is 20.7. The fraction of sp³-hybridized carbons (Fsp3) is 0.786. The van der Waals surface area contributed by atoms with Crippen LogP contribution in [0.25, 0.3) is 0 Å². The van der Waals surface area contributed by atoms with Gasteiger partial charge in [-0.1, -0.05) is 45.5 Å². The molecule has 0 aliphatic carbocycles. The Balaban J connectivity index is 0. The summed E-state index contributed by atoms with van der Waals surface area (Å²) in [6.45, 7) is 9.05. The number of aromatic amines is 1. The Kier molecular flexibility index (Phi) is 16.8. The summed E-state index contributed by atoms with van der Waals surface area (Å²) in [5.41, 5.74) is 1.01. The summed E-state index contributed by atoms with van der Waals surface area (Å²) in [4.78, 5) is 13.9. The molecule has 0 amide bonds. The van der Waals surface area contributed by atoms with E-state index in [1.165, 1.54) is 17.8 Å². The zero-order valence-electron chi connectivity index (χ0n) is 13.3. The van der Waals surface area contributed by atoms with E-state index in [0.29, 0.717) is 0 Å². The lowest BCUT2D eigenvalue weighted by Crippen LogP contribution is -2.18. The number of H-pyrrole nitrogens is 1. The van der Waals surface area contributed by atoms with Crippen molar-refractivity contribution in [2.45, 2.75) is 53.0 Å². The van der Waals surface area contributed by atoms with Crippen molar-refractivity contribution in [3.63, 3.8) is 0 Å². The van der Waals surface area contributed by atoms with Gasteiger partial charge in [0.05, 0.1) is 0 Å². The van der Waals surface area contributed by atoms with E-state index in [9.17, 15) is 4.79 Å². The summed E-state index contributed by atoms with van der Waals surface area (Å²) < 4.78 is 0. The van der Waals surface area contributed by atoms with Gasteiger partial charge in [0, 0.05) is 17.1 Å². The van der Waals surface area contributed by atoms with Crippen LogP contribution in [0.3, 0.4) is 0 Å².